The fourth-order valence-corrected chi connectivity index (χ4v) is 11.8. The average molecular weight is 686 g/mol. The van der Waals surface area contributed by atoms with Crippen molar-refractivity contribution in [2.75, 3.05) is 6.35 Å². The first-order valence-electron chi connectivity index (χ1n) is 17.4. The zero-order valence-electron chi connectivity index (χ0n) is 28.4. The first-order valence-corrected chi connectivity index (χ1v) is 19.7. The third-order valence-corrected chi connectivity index (χ3v) is 15.2. The lowest BCUT2D eigenvalue weighted by molar-refractivity contribution is 0.0113. The summed E-state index contributed by atoms with van der Waals surface area (Å²) in [6.45, 7) is 6.32. The molecule has 0 saturated heterocycles. The molecule has 0 aromatic heterocycles. The van der Waals surface area contributed by atoms with Crippen LogP contribution in [-0.4, -0.2) is 24.0 Å². The molecule has 5 aromatic carbocycles. The van der Waals surface area contributed by atoms with Crippen LogP contribution in [0.25, 0.3) is 0 Å². The van der Waals surface area contributed by atoms with E-state index in [1.807, 2.05) is 30.3 Å². The fraction of sp³-hybridized carbons (Fsp3) is 0.273. The lowest BCUT2D eigenvalue weighted by Crippen LogP contribution is -2.48. The SMILES string of the molecule is Cc1ccc([P+](COC2C(=O)c3ccccc3C(=O)C2C2CCC(c3ccc(Cl)cc3)CC2)(c2ccc(C)cc2)c2ccc(C)cc2)cc1. The minimum atomic E-state index is -2.43. The Hall–Kier alpha value is -3.88. The molecule has 2 atom stereocenters. The second-order valence-electron chi connectivity index (χ2n) is 14.0. The Balaban J connectivity index is 1.29. The Kier molecular flexibility index (Phi) is 9.71. The van der Waals surface area contributed by atoms with E-state index in [0.717, 1.165) is 30.7 Å². The minimum Gasteiger partial charge on any atom is -0.333 e. The van der Waals surface area contributed by atoms with Gasteiger partial charge < -0.3 is 4.74 Å². The van der Waals surface area contributed by atoms with Gasteiger partial charge in [-0.2, -0.15) is 0 Å². The molecule has 0 spiro atoms. The van der Waals surface area contributed by atoms with Gasteiger partial charge in [0, 0.05) is 16.1 Å². The van der Waals surface area contributed by atoms with E-state index in [4.69, 9.17) is 16.3 Å². The van der Waals surface area contributed by atoms with Crippen LogP contribution in [0.4, 0.5) is 0 Å². The minimum absolute atomic E-state index is 0.0417. The molecule has 0 aliphatic heterocycles. The van der Waals surface area contributed by atoms with Crippen LogP contribution < -0.4 is 15.9 Å². The van der Waals surface area contributed by atoms with Crippen LogP contribution in [0.1, 0.15) is 74.6 Å². The van der Waals surface area contributed by atoms with Gasteiger partial charge in [-0.15, -0.1) is 0 Å². The first-order chi connectivity index (χ1) is 23.7. The Labute approximate surface area is 296 Å². The van der Waals surface area contributed by atoms with Gasteiger partial charge in [0.15, 0.2) is 17.9 Å². The summed E-state index contributed by atoms with van der Waals surface area (Å²) in [7, 11) is -2.43. The maximum atomic E-state index is 14.5. The normalized spacial score (nSPS) is 21.0. The third-order valence-electron chi connectivity index (χ3n) is 10.8. The Bertz CT molecular complexity index is 1830. The van der Waals surface area contributed by atoms with Crippen molar-refractivity contribution in [1.29, 1.82) is 0 Å². The second-order valence-corrected chi connectivity index (χ2v) is 17.9. The summed E-state index contributed by atoms with van der Waals surface area (Å²) in [6, 6.07) is 41.8. The molecule has 248 valence electrons. The van der Waals surface area contributed by atoms with Crippen molar-refractivity contribution in [3.05, 3.63) is 160 Å². The number of carbonyl (C=O) groups is 2. The number of rotatable bonds is 8. The number of Topliss-reactive ketones (excluding diaryl/α,β-unsaturated/α-hetero) is 2. The zero-order chi connectivity index (χ0) is 34.1. The molecule has 3 nitrogen and oxygen atoms in total. The lowest BCUT2D eigenvalue weighted by atomic mass is 9.67. The largest absolute Gasteiger partial charge is 0.333 e. The first kappa shape index (κ1) is 33.6. The predicted molar refractivity (Wildman–Crippen MR) is 204 cm³/mol. The van der Waals surface area contributed by atoms with E-state index in [1.165, 1.54) is 38.2 Å². The summed E-state index contributed by atoms with van der Waals surface area (Å²) in [5.41, 5.74) is 5.87. The Morgan fingerprint density at radius 2 is 1.04 bits per heavy atom. The van der Waals surface area contributed by atoms with Gasteiger partial charge in [0.1, 0.15) is 29.3 Å². The monoisotopic (exact) mass is 685 g/mol. The van der Waals surface area contributed by atoms with Gasteiger partial charge in [-0.05, 0) is 112 Å². The predicted octanol–water partition coefficient (Wildman–Crippen LogP) is 9.57. The number of ether oxygens (including phenoxy) is 1. The molecule has 0 heterocycles. The maximum Gasteiger partial charge on any atom is 0.193 e. The number of fused-ring (bicyclic) bond motifs is 1. The second kappa shape index (κ2) is 14.2. The fourth-order valence-electron chi connectivity index (χ4n) is 7.99. The van der Waals surface area contributed by atoms with Gasteiger partial charge in [0.2, 0.25) is 0 Å². The van der Waals surface area contributed by atoms with Crippen LogP contribution in [0.15, 0.2) is 121 Å². The molecule has 5 heteroatoms. The molecule has 1 saturated carbocycles. The van der Waals surface area contributed by atoms with Crippen molar-refractivity contribution < 1.29 is 14.3 Å². The summed E-state index contributed by atoms with van der Waals surface area (Å²) in [5, 5.41) is 4.32. The summed E-state index contributed by atoms with van der Waals surface area (Å²) >= 11 is 6.18. The Morgan fingerprint density at radius 3 is 1.51 bits per heavy atom. The van der Waals surface area contributed by atoms with E-state index in [2.05, 4.69) is 106 Å². The molecule has 0 radical (unpaired) electrons. The van der Waals surface area contributed by atoms with E-state index in [1.54, 1.807) is 6.07 Å². The molecule has 2 unspecified atom stereocenters. The average Bonchev–Trinajstić information content (AvgIpc) is 3.13. The third kappa shape index (κ3) is 6.57. The summed E-state index contributed by atoms with van der Waals surface area (Å²) in [5.74, 6) is -0.0820. The van der Waals surface area contributed by atoms with Crippen LogP contribution in [0.3, 0.4) is 0 Å². The van der Waals surface area contributed by atoms with E-state index < -0.39 is 19.3 Å². The number of benzene rings is 5. The van der Waals surface area contributed by atoms with Crippen molar-refractivity contribution >= 4 is 46.3 Å². The molecular weight excluding hydrogens is 643 g/mol. The number of halogens is 1. The number of ketones is 2. The maximum absolute atomic E-state index is 14.5. The number of hydrogen-bond acceptors (Lipinski definition) is 3. The summed E-state index contributed by atoms with van der Waals surface area (Å²) < 4.78 is 7.10. The zero-order valence-corrected chi connectivity index (χ0v) is 30.1. The highest BCUT2D eigenvalue weighted by Crippen LogP contribution is 2.56. The van der Waals surface area contributed by atoms with Gasteiger partial charge in [-0.1, -0.05) is 101 Å². The van der Waals surface area contributed by atoms with Gasteiger partial charge >= 0.3 is 0 Å². The highest BCUT2D eigenvalue weighted by atomic mass is 35.5. The van der Waals surface area contributed by atoms with Crippen LogP contribution in [0.2, 0.25) is 5.02 Å². The smallest absolute Gasteiger partial charge is 0.193 e. The quantitative estimate of drug-likeness (QED) is 0.153. The van der Waals surface area contributed by atoms with Crippen LogP contribution in [0.5, 0.6) is 0 Å². The lowest BCUT2D eigenvalue weighted by Gasteiger charge is -2.39. The van der Waals surface area contributed by atoms with Crippen LogP contribution in [-0.2, 0) is 4.74 Å². The van der Waals surface area contributed by atoms with Crippen molar-refractivity contribution in [3.8, 4) is 0 Å². The van der Waals surface area contributed by atoms with Gasteiger partial charge in [-0.3, -0.25) is 9.59 Å². The molecular formula is C44H43ClO3P+. The summed E-state index contributed by atoms with van der Waals surface area (Å²) in [4.78, 5) is 29.0. The molecule has 2 aliphatic carbocycles. The van der Waals surface area contributed by atoms with Crippen molar-refractivity contribution in [2.45, 2.75) is 58.5 Å². The number of carbonyl (C=O) groups excluding carboxylic acids is 2. The van der Waals surface area contributed by atoms with Crippen molar-refractivity contribution in [1.82, 2.24) is 0 Å². The number of hydrogen-bond donors (Lipinski definition) is 0. The highest BCUT2D eigenvalue weighted by molar-refractivity contribution is 7.95. The van der Waals surface area contributed by atoms with Crippen LogP contribution >= 0.6 is 18.9 Å². The molecule has 2 aliphatic rings. The number of aryl methyl sites for hydroxylation is 3. The molecule has 0 amide bonds. The molecule has 5 aromatic rings. The van der Waals surface area contributed by atoms with Gasteiger partial charge in [0.05, 0.1) is 5.92 Å². The van der Waals surface area contributed by atoms with E-state index in [-0.39, 0.29) is 17.5 Å². The standard InChI is InChI=1S/C44H43ClO3P/c1-29-8-22-36(23-9-29)49(37-24-10-30(2)11-25-37,38-26-12-31(3)13-27-38)28-48-44-41(42(46)39-6-4-5-7-40(39)43(44)47)34-16-14-32(15-17-34)33-18-20-35(45)21-19-33/h4-13,18-27,32,34,41,44H,14-17,28H2,1-3H3/q+1. The van der Waals surface area contributed by atoms with Gasteiger partial charge in [0.25, 0.3) is 0 Å². The summed E-state index contributed by atoms with van der Waals surface area (Å²) in [6.07, 6.45) is 3.14. The van der Waals surface area contributed by atoms with Crippen molar-refractivity contribution in [3.63, 3.8) is 0 Å². The van der Waals surface area contributed by atoms with E-state index in [0.29, 0.717) is 23.4 Å². The van der Waals surface area contributed by atoms with Gasteiger partial charge in [-0.25, -0.2) is 0 Å². The highest BCUT2D eigenvalue weighted by Gasteiger charge is 2.51. The topological polar surface area (TPSA) is 43.4 Å². The van der Waals surface area contributed by atoms with Crippen molar-refractivity contribution in [2.24, 2.45) is 11.8 Å². The molecule has 7 rings (SSSR count). The van der Waals surface area contributed by atoms with E-state index >= 15 is 0 Å². The van der Waals surface area contributed by atoms with E-state index in [9.17, 15) is 9.59 Å². The molecule has 49 heavy (non-hydrogen) atoms. The molecule has 0 bridgehead atoms. The Morgan fingerprint density at radius 1 is 0.592 bits per heavy atom. The van der Waals surface area contributed by atoms with Crippen LogP contribution in [0, 0.1) is 32.6 Å². The molecule has 1 fully saturated rings. The molecule has 0 N–H and O–H groups in total.